The Hall–Kier alpha value is -4.05. The summed E-state index contributed by atoms with van der Waals surface area (Å²) in [5, 5.41) is 6.34. The third kappa shape index (κ3) is 4.65. The summed E-state index contributed by atoms with van der Waals surface area (Å²) < 4.78 is 20.6. The fourth-order valence-corrected chi connectivity index (χ4v) is 4.65. The summed E-state index contributed by atoms with van der Waals surface area (Å²) in [5.41, 5.74) is 1.02. The van der Waals surface area contributed by atoms with Crippen molar-refractivity contribution in [3.63, 3.8) is 0 Å². The molecule has 178 valence electrons. The molecule has 1 aliphatic rings. The summed E-state index contributed by atoms with van der Waals surface area (Å²) in [6, 6.07) is 16.8. The van der Waals surface area contributed by atoms with E-state index in [2.05, 4.69) is 10.1 Å². The molecule has 10 heteroatoms. The third-order valence-corrected chi connectivity index (χ3v) is 6.63. The largest absolute Gasteiger partial charge is 0.497 e. The van der Waals surface area contributed by atoms with Gasteiger partial charge in [-0.15, -0.1) is 16.4 Å². The van der Waals surface area contributed by atoms with Crippen molar-refractivity contribution < 1.29 is 18.7 Å². The number of rotatable bonds is 5. The zero-order chi connectivity index (χ0) is 24.4. The van der Waals surface area contributed by atoms with Crippen LogP contribution in [0.3, 0.4) is 0 Å². The number of aromatic nitrogens is 3. The number of benzene rings is 2. The topological polar surface area (TPSA) is 80.6 Å². The number of carbonyl (C=O) groups excluding carboxylic acids is 2. The first kappa shape index (κ1) is 22.7. The van der Waals surface area contributed by atoms with E-state index in [1.807, 2.05) is 17.5 Å². The molecule has 35 heavy (non-hydrogen) atoms. The number of hydrogen-bond acceptors (Lipinski definition) is 6. The van der Waals surface area contributed by atoms with Crippen molar-refractivity contribution >= 4 is 23.2 Å². The lowest BCUT2D eigenvalue weighted by Crippen LogP contribution is -2.50. The van der Waals surface area contributed by atoms with Gasteiger partial charge in [0.1, 0.15) is 11.6 Å². The summed E-state index contributed by atoms with van der Waals surface area (Å²) >= 11 is 1.46. The van der Waals surface area contributed by atoms with Crippen LogP contribution in [0.25, 0.3) is 16.4 Å². The van der Waals surface area contributed by atoms with E-state index >= 15 is 0 Å². The highest BCUT2D eigenvalue weighted by Crippen LogP contribution is 2.26. The van der Waals surface area contributed by atoms with Crippen LogP contribution in [-0.2, 0) is 0 Å². The van der Waals surface area contributed by atoms with Gasteiger partial charge in [0, 0.05) is 31.7 Å². The normalized spacial score (nSPS) is 13.7. The van der Waals surface area contributed by atoms with E-state index < -0.39 is 5.82 Å². The molecule has 3 heterocycles. The lowest BCUT2D eigenvalue weighted by Gasteiger charge is -2.34. The van der Waals surface area contributed by atoms with Gasteiger partial charge in [-0.05, 0) is 47.8 Å². The van der Waals surface area contributed by atoms with Crippen molar-refractivity contribution in [1.82, 2.24) is 24.6 Å². The monoisotopic (exact) mass is 491 g/mol. The van der Waals surface area contributed by atoms with Gasteiger partial charge < -0.3 is 14.5 Å². The Morgan fingerprint density at radius 3 is 2.37 bits per heavy atom. The van der Waals surface area contributed by atoms with Crippen LogP contribution in [0.5, 0.6) is 5.75 Å². The molecule has 5 rings (SSSR count). The Labute approximate surface area is 205 Å². The Kier molecular flexibility index (Phi) is 6.28. The van der Waals surface area contributed by atoms with E-state index in [0.29, 0.717) is 49.0 Å². The summed E-state index contributed by atoms with van der Waals surface area (Å²) in [4.78, 5) is 34.8. The van der Waals surface area contributed by atoms with Crippen LogP contribution in [0, 0.1) is 5.82 Å². The predicted molar refractivity (Wildman–Crippen MR) is 129 cm³/mol. The smallest absolute Gasteiger partial charge is 0.293 e. The molecule has 0 N–H and O–H groups in total. The van der Waals surface area contributed by atoms with Crippen molar-refractivity contribution in [3.05, 3.63) is 83.2 Å². The zero-order valence-electron chi connectivity index (χ0n) is 18.9. The number of ether oxygens (including phenoxy) is 1. The maximum atomic E-state index is 13.9. The molecule has 1 fully saturated rings. The van der Waals surface area contributed by atoms with Crippen LogP contribution in [0.4, 0.5) is 4.39 Å². The highest BCUT2D eigenvalue weighted by Gasteiger charge is 2.29. The van der Waals surface area contributed by atoms with Crippen LogP contribution in [0.1, 0.15) is 21.0 Å². The predicted octanol–water partition coefficient (Wildman–Crippen LogP) is 3.74. The standard InChI is InChI=1S/C25H22FN5O3S/c1-34-20-8-2-5-17(15-20)24(32)29-10-12-30(13-11-29)25(33)22-27-23(21-9-4-14-35-21)31(28-22)19-7-3-6-18(26)16-19/h2-9,14-16H,10-13H2,1H3. The Balaban J connectivity index is 1.34. The first-order valence-corrected chi connectivity index (χ1v) is 11.9. The van der Waals surface area contributed by atoms with E-state index in [1.165, 1.54) is 28.2 Å². The molecule has 2 amide bonds. The first-order valence-electron chi connectivity index (χ1n) is 11.0. The number of amides is 2. The van der Waals surface area contributed by atoms with Gasteiger partial charge in [-0.1, -0.05) is 18.2 Å². The van der Waals surface area contributed by atoms with E-state index in [0.717, 1.165) is 4.88 Å². The van der Waals surface area contributed by atoms with Crippen molar-refractivity contribution in [2.24, 2.45) is 0 Å². The SMILES string of the molecule is COc1cccc(C(=O)N2CCN(C(=O)c3nc(-c4cccs4)n(-c4cccc(F)c4)n3)CC2)c1. The van der Waals surface area contributed by atoms with Gasteiger partial charge in [0.2, 0.25) is 5.82 Å². The molecule has 0 atom stereocenters. The molecule has 1 saturated heterocycles. The second-order valence-electron chi connectivity index (χ2n) is 7.94. The molecule has 4 aromatic rings. The summed E-state index contributed by atoms with van der Waals surface area (Å²) in [6.45, 7) is 1.50. The molecule has 0 bridgehead atoms. The first-order chi connectivity index (χ1) is 17.0. The number of thiophene rings is 1. The number of halogens is 1. The minimum Gasteiger partial charge on any atom is -0.497 e. The molecule has 1 aliphatic heterocycles. The Morgan fingerprint density at radius 1 is 0.943 bits per heavy atom. The quantitative estimate of drug-likeness (QED) is 0.425. The second kappa shape index (κ2) is 9.67. The van der Waals surface area contributed by atoms with Crippen LogP contribution in [-0.4, -0.2) is 69.7 Å². The van der Waals surface area contributed by atoms with Crippen molar-refractivity contribution in [1.29, 1.82) is 0 Å². The molecule has 0 aliphatic carbocycles. The van der Waals surface area contributed by atoms with Gasteiger partial charge >= 0.3 is 0 Å². The molecular formula is C25H22FN5O3S. The lowest BCUT2D eigenvalue weighted by atomic mass is 10.1. The molecule has 2 aromatic carbocycles. The maximum Gasteiger partial charge on any atom is 0.293 e. The van der Waals surface area contributed by atoms with Crippen LogP contribution < -0.4 is 4.74 Å². The van der Waals surface area contributed by atoms with Crippen LogP contribution in [0.15, 0.2) is 66.0 Å². The Bertz CT molecular complexity index is 1360. The van der Waals surface area contributed by atoms with Crippen LogP contribution in [0.2, 0.25) is 0 Å². The summed E-state index contributed by atoms with van der Waals surface area (Å²) in [7, 11) is 1.56. The van der Waals surface area contributed by atoms with Crippen molar-refractivity contribution in [3.8, 4) is 22.1 Å². The molecule has 8 nitrogen and oxygen atoms in total. The van der Waals surface area contributed by atoms with E-state index in [4.69, 9.17) is 4.74 Å². The Morgan fingerprint density at radius 2 is 1.69 bits per heavy atom. The van der Waals surface area contributed by atoms with E-state index in [9.17, 15) is 14.0 Å². The highest BCUT2D eigenvalue weighted by molar-refractivity contribution is 7.13. The van der Waals surface area contributed by atoms with Crippen LogP contribution >= 0.6 is 11.3 Å². The zero-order valence-corrected chi connectivity index (χ0v) is 19.7. The molecule has 0 unspecified atom stereocenters. The minimum atomic E-state index is -0.403. The molecule has 2 aromatic heterocycles. The average molecular weight is 492 g/mol. The van der Waals surface area contributed by atoms with Gasteiger partial charge in [0.25, 0.3) is 11.8 Å². The molecule has 0 spiro atoms. The lowest BCUT2D eigenvalue weighted by molar-refractivity contribution is 0.0529. The van der Waals surface area contributed by atoms with Crippen molar-refractivity contribution in [2.75, 3.05) is 33.3 Å². The fourth-order valence-electron chi connectivity index (χ4n) is 3.95. The third-order valence-electron chi connectivity index (χ3n) is 5.76. The second-order valence-corrected chi connectivity index (χ2v) is 8.89. The van der Waals surface area contributed by atoms with Gasteiger partial charge in [-0.2, -0.15) is 0 Å². The fraction of sp³-hybridized carbons (Fsp3) is 0.200. The van der Waals surface area contributed by atoms with Gasteiger partial charge in [-0.25, -0.2) is 14.1 Å². The number of methoxy groups -OCH3 is 1. The summed E-state index contributed by atoms with van der Waals surface area (Å²) in [6.07, 6.45) is 0. The maximum absolute atomic E-state index is 13.9. The van der Waals surface area contributed by atoms with Crippen molar-refractivity contribution in [2.45, 2.75) is 0 Å². The molecular weight excluding hydrogens is 469 g/mol. The number of piperazine rings is 1. The highest BCUT2D eigenvalue weighted by atomic mass is 32.1. The van der Waals surface area contributed by atoms with E-state index in [1.54, 1.807) is 53.3 Å². The summed E-state index contributed by atoms with van der Waals surface area (Å²) in [5.74, 6) is 0.285. The van der Waals surface area contributed by atoms with Gasteiger partial charge in [0.05, 0.1) is 17.7 Å². The minimum absolute atomic E-state index is 0.0326. The average Bonchev–Trinajstić information content (AvgIpc) is 3.58. The van der Waals surface area contributed by atoms with E-state index in [-0.39, 0.29) is 17.6 Å². The molecule has 0 radical (unpaired) electrons. The number of hydrogen-bond donors (Lipinski definition) is 0. The van der Waals surface area contributed by atoms with Gasteiger partial charge in [-0.3, -0.25) is 9.59 Å². The number of carbonyl (C=O) groups is 2. The van der Waals surface area contributed by atoms with Gasteiger partial charge in [0.15, 0.2) is 5.82 Å². The molecule has 0 saturated carbocycles. The number of nitrogens with zero attached hydrogens (tertiary/aromatic N) is 5.